The third-order valence-corrected chi connectivity index (χ3v) is 7.69. The molecule has 0 saturated heterocycles. The fraction of sp³-hybridized carbons (Fsp3) is 0.429. The van der Waals surface area contributed by atoms with E-state index in [0.29, 0.717) is 13.0 Å². The van der Waals surface area contributed by atoms with Crippen molar-refractivity contribution in [2.24, 2.45) is 0 Å². The van der Waals surface area contributed by atoms with Crippen LogP contribution in [-0.2, 0) is 20.3 Å². The molecule has 2 aromatic rings. The van der Waals surface area contributed by atoms with Crippen LogP contribution < -0.4 is 10.3 Å². The predicted octanol–water partition coefficient (Wildman–Crippen LogP) is 3.54. The largest absolute Gasteiger partial charge is 0.492 e. The quantitative estimate of drug-likeness (QED) is 0.575. The molecule has 1 aromatic carbocycles. The van der Waals surface area contributed by atoms with E-state index in [1.807, 2.05) is 0 Å². The van der Waals surface area contributed by atoms with E-state index in [4.69, 9.17) is 21.1 Å². The van der Waals surface area contributed by atoms with Gasteiger partial charge in [0.2, 0.25) is 0 Å². The first-order valence-corrected chi connectivity index (χ1v) is 12.1. The molecule has 1 aliphatic carbocycles. The van der Waals surface area contributed by atoms with Crippen LogP contribution in [0.5, 0.6) is 5.75 Å². The van der Waals surface area contributed by atoms with Gasteiger partial charge in [0, 0.05) is 50.7 Å². The number of nitrogens with zero attached hydrogens (tertiary/aromatic N) is 1. The fourth-order valence-electron chi connectivity index (χ4n) is 4.17. The van der Waals surface area contributed by atoms with E-state index in [1.54, 1.807) is 0 Å². The minimum absolute atomic E-state index is 0.0412. The van der Waals surface area contributed by atoms with E-state index in [2.05, 4.69) is 0 Å². The number of hydrogen-bond donors (Lipinski definition) is 1. The Bertz CT molecular complexity index is 1300. The third kappa shape index (κ3) is 4.24. The number of rotatable bonds is 7. The van der Waals surface area contributed by atoms with Crippen LogP contribution in [-0.4, -0.2) is 50.3 Å². The lowest BCUT2D eigenvalue weighted by molar-refractivity contribution is -0.104. The number of carbonyl (C=O) groups is 1. The van der Waals surface area contributed by atoms with Gasteiger partial charge in [-0.1, -0.05) is 11.6 Å². The number of methoxy groups -OCH3 is 1. The zero-order valence-electron chi connectivity index (χ0n) is 17.4. The van der Waals surface area contributed by atoms with Crippen molar-refractivity contribution in [2.75, 3.05) is 20.3 Å². The van der Waals surface area contributed by atoms with Crippen LogP contribution in [0, 0.1) is 0 Å². The summed E-state index contributed by atoms with van der Waals surface area (Å²) < 4.78 is 64.8. The van der Waals surface area contributed by atoms with Gasteiger partial charge in [0.15, 0.2) is 9.84 Å². The minimum Gasteiger partial charge on any atom is -0.492 e. The zero-order chi connectivity index (χ0) is 24.1. The molecule has 33 heavy (non-hydrogen) atoms. The fourth-order valence-corrected chi connectivity index (χ4v) is 5.95. The van der Waals surface area contributed by atoms with Crippen LogP contribution in [0.4, 0.5) is 8.78 Å². The van der Waals surface area contributed by atoms with Gasteiger partial charge in [0.25, 0.3) is 11.5 Å². The average Bonchev–Trinajstić information content (AvgIpc) is 2.69. The number of benzene rings is 1. The summed E-state index contributed by atoms with van der Waals surface area (Å²) in [5, 5.41) is 9.50. The van der Waals surface area contributed by atoms with Crippen LogP contribution in [0.2, 0.25) is 5.02 Å². The number of alkyl halides is 2. The third-order valence-electron chi connectivity index (χ3n) is 5.70. The maximum atomic E-state index is 13.6. The SMILES string of the molecule is COCCCOc1cc2c(cc1Cl)-c1c(cc(C(=O)O)c(=O)n1C1CC(F)(F)C1)CS2(=O)=O. The highest BCUT2D eigenvalue weighted by molar-refractivity contribution is 7.90. The lowest BCUT2D eigenvalue weighted by Gasteiger charge is -2.38. The number of carboxylic acid groups (broad SMARTS) is 1. The Morgan fingerprint density at radius 3 is 2.58 bits per heavy atom. The first kappa shape index (κ1) is 23.7. The van der Waals surface area contributed by atoms with Crippen LogP contribution in [0.1, 0.15) is 41.2 Å². The average molecular weight is 504 g/mol. The molecule has 0 atom stereocenters. The number of sulfone groups is 1. The molecule has 0 bridgehead atoms. The van der Waals surface area contributed by atoms with Crippen molar-refractivity contribution < 1.29 is 36.6 Å². The molecular formula is C21H20ClF2NO7S. The van der Waals surface area contributed by atoms with Gasteiger partial charge in [-0.2, -0.15) is 0 Å². The molecule has 0 spiro atoms. The number of halogens is 3. The Balaban J connectivity index is 1.91. The van der Waals surface area contributed by atoms with Crippen molar-refractivity contribution in [3.05, 3.63) is 44.7 Å². The van der Waals surface area contributed by atoms with Crippen molar-refractivity contribution in [3.63, 3.8) is 0 Å². The molecule has 0 radical (unpaired) electrons. The maximum Gasteiger partial charge on any atom is 0.341 e. The van der Waals surface area contributed by atoms with E-state index < -0.39 is 57.5 Å². The van der Waals surface area contributed by atoms with Gasteiger partial charge in [-0.05, 0) is 17.7 Å². The first-order valence-electron chi connectivity index (χ1n) is 10.0. The second-order valence-electron chi connectivity index (χ2n) is 8.06. The summed E-state index contributed by atoms with van der Waals surface area (Å²) in [6.45, 7) is 0.644. The second kappa shape index (κ2) is 8.37. The summed E-state index contributed by atoms with van der Waals surface area (Å²) in [5.74, 6) is -5.03. The predicted molar refractivity (Wildman–Crippen MR) is 114 cm³/mol. The van der Waals surface area contributed by atoms with Crippen molar-refractivity contribution in [2.45, 2.75) is 41.9 Å². The molecule has 2 aliphatic rings. The highest BCUT2D eigenvalue weighted by Crippen LogP contribution is 2.49. The molecule has 4 rings (SSSR count). The number of hydrogen-bond acceptors (Lipinski definition) is 6. The minimum atomic E-state index is -3.96. The number of carboxylic acids is 1. The van der Waals surface area contributed by atoms with Crippen LogP contribution >= 0.6 is 11.6 Å². The second-order valence-corrected chi connectivity index (χ2v) is 10.4. The van der Waals surface area contributed by atoms with Crippen molar-refractivity contribution in [1.82, 2.24) is 4.57 Å². The van der Waals surface area contributed by atoms with E-state index >= 15 is 0 Å². The molecule has 1 aromatic heterocycles. The monoisotopic (exact) mass is 503 g/mol. The summed E-state index contributed by atoms with van der Waals surface area (Å²) in [7, 11) is -2.43. The van der Waals surface area contributed by atoms with Gasteiger partial charge < -0.3 is 19.1 Å². The number of aromatic carboxylic acids is 1. The van der Waals surface area contributed by atoms with Crippen molar-refractivity contribution >= 4 is 27.4 Å². The van der Waals surface area contributed by atoms with E-state index in [0.717, 1.165) is 10.6 Å². The molecule has 1 aliphatic heterocycles. The molecular weight excluding hydrogens is 484 g/mol. The van der Waals surface area contributed by atoms with Gasteiger partial charge in [0.05, 0.1) is 28.0 Å². The normalized spacial score (nSPS) is 18.2. The highest BCUT2D eigenvalue weighted by atomic mass is 35.5. The molecule has 1 saturated carbocycles. The van der Waals surface area contributed by atoms with Gasteiger partial charge in [-0.15, -0.1) is 0 Å². The molecule has 0 amide bonds. The molecule has 178 valence electrons. The molecule has 8 nitrogen and oxygen atoms in total. The highest BCUT2D eigenvalue weighted by Gasteiger charge is 2.48. The van der Waals surface area contributed by atoms with Crippen molar-refractivity contribution in [1.29, 1.82) is 0 Å². The number of fused-ring (bicyclic) bond motifs is 3. The number of aromatic nitrogens is 1. The summed E-state index contributed by atoms with van der Waals surface area (Å²) in [4.78, 5) is 24.4. The Kier molecular flexibility index (Phi) is 6.00. The van der Waals surface area contributed by atoms with Crippen LogP contribution in [0.3, 0.4) is 0 Å². The summed E-state index contributed by atoms with van der Waals surface area (Å²) >= 11 is 6.33. The van der Waals surface area contributed by atoms with E-state index in [-0.39, 0.29) is 39.1 Å². The van der Waals surface area contributed by atoms with Crippen molar-refractivity contribution in [3.8, 4) is 17.0 Å². The summed E-state index contributed by atoms with van der Waals surface area (Å²) in [5.41, 5.74) is -1.47. The van der Waals surface area contributed by atoms with Gasteiger partial charge in [-0.25, -0.2) is 22.0 Å². The van der Waals surface area contributed by atoms with Crippen LogP contribution in [0.25, 0.3) is 11.3 Å². The maximum absolute atomic E-state index is 13.6. The lowest BCUT2D eigenvalue weighted by Crippen LogP contribution is -2.43. The smallest absolute Gasteiger partial charge is 0.341 e. The van der Waals surface area contributed by atoms with E-state index in [9.17, 15) is 31.9 Å². The standard InChI is InChI=1S/C21H20ClF2NO7S/c1-31-3-2-4-32-16-7-17-13(6-15(16)22)18-11(10-33(17,29)30)5-14(20(27)28)19(26)25(18)12-8-21(23,24)9-12/h5-7,12H,2-4,8-10H2,1H3,(H,27,28). The summed E-state index contributed by atoms with van der Waals surface area (Å²) in [6, 6.07) is 2.58. The Morgan fingerprint density at radius 1 is 1.27 bits per heavy atom. The molecule has 12 heteroatoms. The van der Waals surface area contributed by atoms with Gasteiger partial charge in [0.1, 0.15) is 11.3 Å². The first-order chi connectivity index (χ1) is 15.4. The molecule has 0 unspecified atom stereocenters. The zero-order valence-corrected chi connectivity index (χ0v) is 19.0. The number of ether oxygens (including phenoxy) is 2. The Labute approximate surface area is 192 Å². The Morgan fingerprint density at radius 2 is 1.97 bits per heavy atom. The van der Waals surface area contributed by atoms with Crippen LogP contribution in [0.15, 0.2) is 27.9 Å². The lowest BCUT2D eigenvalue weighted by atomic mass is 9.86. The molecule has 1 N–H and O–H groups in total. The van der Waals surface area contributed by atoms with Gasteiger partial charge in [-0.3, -0.25) is 4.79 Å². The topological polar surface area (TPSA) is 112 Å². The Hall–Kier alpha value is -2.50. The number of pyridine rings is 1. The molecule has 2 heterocycles. The van der Waals surface area contributed by atoms with Gasteiger partial charge >= 0.3 is 5.97 Å². The summed E-state index contributed by atoms with van der Waals surface area (Å²) in [6.07, 6.45) is -0.773. The van der Waals surface area contributed by atoms with E-state index in [1.165, 1.54) is 19.2 Å². The molecule has 1 fully saturated rings.